The molecule has 1 atom stereocenters. The second kappa shape index (κ2) is 9.57. The van der Waals surface area contributed by atoms with Crippen molar-refractivity contribution < 1.29 is 19.1 Å². The van der Waals surface area contributed by atoms with Crippen LogP contribution in [0.1, 0.15) is 45.8 Å². The van der Waals surface area contributed by atoms with Crippen LogP contribution in [0.2, 0.25) is 5.15 Å². The van der Waals surface area contributed by atoms with E-state index in [-0.39, 0.29) is 16.5 Å². The van der Waals surface area contributed by atoms with Gasteiger partial charge in [-0.05, 0) is 50.6 Å². The number of aryl methyl sites for hydroxylation is 1. The summed E-state index contributed by atoms with van der Waals surface area (Å²) in [7, 11) is 0. The molecule has 7 nitrogen and oxygen atoms in total. The quantitative estimate of drug-likeness (QED) is 0.438. The fourth-order valence-corrected chi connectivity index (χ4v) is 3.26. The predicted molar refractivity (Wildman–Crippen MR) is 117 cm³/mol. The normalized spacial score (nSPS) is 11.6. The second-order valence-electron chi connectivity index (χ2n) is 7.06. The van der Waals surface area contributed by atoms with Crippen LogP contribution < -0.4 is 5.32 Å². The van der Waals surface area contributed by atoms with Crippen LogP contribution in [0.25, 0.3) is 0 Å². The maximum Gasteiger partial charge on any atom is 0.343 e. The van der Waals surface area contributed by atoms with Gasteiger partial charge in [-0.1, -0.05) is 41.9 Å². The second-order valence-corrected chi connectivity index (χ2v) is 7.42. The van der Waals surface area contributed by atoms with E-state index >= 15 is 0 Å². The molecule has 0 unspecified atom stereocenters. The van der Waals surface area contributed by atoms with Gasteiger partial charge in [-0.15, -0.1) is 0 Å². The highest BCUT2D eigenvalue weighted by atomic mass is 35.5. The standard InChI is InChI=1S/C23H22ClN3O4/c1-14-20(21(24)27(26-14)13-17-7-5-4-6-8-17)23(30)31-16(3)22(29)25-19-11-9-18(10-12-19)15(2)28/h4-12,16H,13H2,1-3H3,(H,25,29)/t16-/m0/s1. The van der Waals surface area contributed by atoms with Gasteiger partial charge in [0.1, 0.15) is 10.7 Å². The molecule has 160 valence electrons. The Balaban J connectivity index is 1.66. The Morgan fingerprint density at radius 3 is 2.35 bits per heavy atom. The molecule has 31 heavy (non-hydrogen) atoms. The summed E-state index contributed by atoms with van der Waals surface area (Å²) in [4.78, 5) is 36.4. The number of rotatable bonds is 7. The van der Waals surface area contributed by atoms with Gasteiger partial charge >= 0.3 is 5.97 Å². The first-order valence-electron chi connectivity index (χ1n) is 9.66. The zero-order chi connectivity index (χ0) is 22.5. The van der Waals surface area contributed by atoms with Gasteiger partial charge in [-0.3, -0.25) is 9.59 Å². The van der Waals surface area contributed by atoms with Gasteiger partial charge in [0.05, 0.1) is 12.2 Å². The van der Waals surface area contributed by atoms with E-state index in [0.29, 0.717) is 23.5 Å². The molecule has 0 aliphatic carbocycles. The maximum absolute atomic E-state index is 12.7. The number of amides is 1. The molecular formula is C23H22ClN3O4. The van der Waals surface area contributed by atoms with E-state index in [0.717, 1.165) is 5.56 Å². The predicted octanol–water partition coefficient (Wildman–Crippen LogP) is 4.28. The lowest BCUT2D eigenvalue weighted by molar-refractivity contribution is -0.123. The van der Waals surface area contributed by atoms with Crippen LogP contribution in [0.4, 0.5) is 5.69 Å². The zero-order valence-electron chi connectivity index (χ0n) is 17.4. The van der Waals surface area contributed by atoms with Gasteiger partial charge in [0, 0.05) is 11.3 Å². The van der Waals surface area contributed by atoms with Crippen molar-refractivity contribution in [2.75, 3.05) is 5.32 Å². The molecule has 1 N–H and O–H groups in total. The molecule has 0 aliphatic heterocycles. The number of hydrogen-bond acceptors (Lipinski definition) is 5. The Hall–Kier alpha value is -3.45. The molecule has 8 heteroatoms. The van der Waals surface area contributed by atoms with Gasteiger partial charge in [-0.2, -0.15) is 5.10 Å². The summed E-state index contributed by atoms with van der Waals surface area (Å²) in [5, 5.41) is 7.13. The van der Waals surface area contributed by atoms with Gasteiger partial charge in [0.25, 0.3) is 5.91 Å². The highest BCUT2D eigenvalue weighted by Crippen LogP contribution is 2.22. The third kappa shape index (κ3) is 5.38. The van der Waals surface area contributed by atoms with Gasteiger partial charge in [0.15, 0.2) is 11.9 Å². The van der Waals surface area contributed by atoms with E-state index in [1.165, 1.54) is 18.5 Å². The number of carbonyl (C=O) groups is 3. The Kier molecular flexibility index (Phi) is 6.87. The Bertz CT molecular complexity index is 1110. The lowest BCUT2D eigenvalue weighted by Gasteiger charge is -2.13. The van der Waals surface area contributed by atoms with Gasteiger partial charge in [0.2, 0.25) is 0 Å². The minimum Gasteiger partial charge on any atom is -0.449 e. The SMILES string of the molecule is CC(=O)c1ccc(NC(=O)[C@H](C)OC(=O)c2c(C)nn(Cc3ccccc3)c2Cl)cc1. The van der Waals surface area contributed by atoms with E-state index in [1.807, 2.05) is 30.3 Å². The summed E-state index contributed by atoms with van der Waals surface area (Å²) in [5.74, 6) is -1.30. The lowest BCUT2D eigenvalue weighted by atomic mass is 10.1. The first-order valence-corrected chi connectivity index (χ1v) is 10.0. The molecule has 3 rings (SSSR count). The summed E-state index contributed by atoms with van der Waals surface area (Å²) in [6.07, 6.45) is -1.06. The average Bonchev–Trinajstić information content (AvgIpc) is 3.02. The van der Waals surface area contributed by atoms with Crippen molar-refractivity contribution >= 4 is 34.9 Å². The van der Waals surface area contributed by atoms with E-state index in [4.69, 9.17) is 16.3 Å². The summed E-state index contributed by atoms with van der Waals surface area (Å²) < 4.78 is 6.83. The van der Waals surface area contributed by atoms with Crippen LogP contribution in [0.5, 0.6) is 0 Å². The minimum absolute atomic E-state index is 0.0692. The Morgan fingerprint density at radius 1 is 1.10 bits per heavy atom. The molecule has 0 radical (unpaired) electrons. The van der Waals surface area contributed by atoms with Crippen LogP contribution in [0.15, 0.2) is 54.6 Å². The fraction of sp³-hybridized carbons (Fsp3) is 0.217. The van der Waals surface area contributed by atoms with Crippen molar-refractivity contribution in [2.45, 2.75) is 33.4 Å². The molecule has 0 saturated heterocycles. The summed E-state index contributed by atoms with van der Waals surface area (Å²) in [6, 6.07) is 16.0. The summed E-state index contributed by atoms with van der Waals surface area (Å²) >= 11 is 6.38. The number of anilines is 1. The number of nitrogens with one attached hydrogen (secondary N) is 1. The number of benzene rings is 2. The number of Topliss-reactive ketones (excluding diaryl/α,β-unsaturated/α-hetero) is 1. The molecule has 1 aromatic heterocycles. The molecule has 2 aromatic carbocycles. The van der Waals surface area contributed by atoms with Gasteiger partial charge < -0.3 is 10.1 Å². The first-order chi connectivity index (χ1) is 14.8. The van der Waals surface area contributed by atoms with E-state index in [1.54, 1.807) is 31.2 Å². The van der Waals surface area contributed by atoms with Crippen LogP contribution in [-0.2, 0) is 16.1 Å². The number of ketones is 1. The van der Waals surface area contributed by atoms with E-state index < -0.39 is 18.0 Å². The average molecular weight is 440 g/mol. The van der Waals surface area contributed by atoms with Crippen molar-refractivity contribution in [2.24, 2.45) is 0 Å². The van der Waals surface area contributed by atoms with Crippen LogP contribution >= 0.6 is 11.6 Å². The number of halogens is 1. The van der Waals surface area contributed by atoms with Crippen molar-refractivity contribution in [3.8, 4) is 0 Å². The third-order valence-corrected chi connectivity index (χ3v) is 5.04. The molecule has 0 bridgehead atoms. The lowest BCUT2D eigenvalue weighted by Crippen LogP contribution is -2.30. The van der Waals surface area contributed by atoms with Crippen molar-refractivity contribution in [1.82, 2.24) is 9.78 Å². The molecule has 0 fully saturated rings. The highest BCUT2D eigenvalue weighted by molar-refractivity contribution is 6.32. The molecule has 0 aliphatic rings. The molecule has 1 amide bonds. The molecule has 0 saturated carbocycles. The monoisotopic (exact) mass is 439 g/mol. The minimum atomic E-state index is -1.06. The maximum atomic E-state index is 12.7. The number of aromatic nitrogens is 2. The largest absolute Gasteiger partial charge is 0.449 e. The highest BCUT2D eigenvalue weighted by Gasteiger charge is 2.26. The molecule has 1 heterocycles. The molecular weight excluding hydrogens is 418 g/mol. The molecule has 3 aromatic rings. The number of ether oxygens (including phenoxy) is 1. The van der Waals surface area contributed by atoms with Gasteiger partial charge in [-0.25, -0.2) is 9.48 Å². The first kappa shape index (κ1) is 22.2. The van der Waals surface area contributed by atoms with Crippen molar-refractivity contribution in [1.29, 1.82) is 0 Å². The summed E-state index contributed by atoms with van der Waals surface area (Å²) in [6.45, 7) is 4.99. The smallest absolute Gasteiger partial charge is 0.343 e. The number of nitrogens with zero attached hydrogens (tertiary/aromatic N) is 2. The van der Waals surface area contributed by atoms with Crippen LogP contribution in [0, 0.1) is 6.92 Å². The third-order valence-electron chi connectivity index (χ3n) is 4.66. The van der Waals surface area contributed by atoms with Crippen molar-refractivity contribution in [3.63, 3.8) is 0 Å². The van der Waals surface area contributed by atoms with Crippen molar-refractivity contribution in [3.05, 3.63) is 82.1 Å². The topological polar surface area (TPSA) is 90.3 Å². The zero-order valence-corrected chi connectivity index (χ0v) is 18.1. The number of hydrogen-bond donors (Lipinski definition) is 1. The fourth-order valence-electron chi connectivity index (χ4n) is 2.95. The van der Waals surface area contributed by atoms with E-state index in [9.17, 15) is 14.4 Å². The van der Waals surface area contributed by atoms with Crippen LogP contribution in [0.3, 0.4) is 0 Å². The molecule has 0 spiro atoms. The number of carbonyl (C=O) groups excluding carboxylic acids is 3. The van der Waals surface area contributed by atoms with E-state index in [2.05, 4.69) is 10.4 Å². The van der Waals surface area contributed by atoms with Crippen LogP contribution in [-0.4, -0.2) is 33.5 Å². The Morgan fingerprint density at radius 2 is 1.74 bits per heavy atom. The number of esters is 1. The Labute approximate surface area is 185 Å². The summed E-state index contributed by atoms with van der Waals surface area (Å²) in [5.41, 5.74) is 2.55.